The molecule has 0 spiro atoms. The van der Waals surface area contributed by atoms with Crippen LogP contribution in [-0.4, -0.2) is 39.9 Å². The van der Waals surface area contributed by atoms with Crippen molar-refractivity contribution in [1.29, 1.82) is 0 Å². The van der Waals surface area contributed by atoms with Gasteiger partial charge in [0.1, 0.15) is 12.3 Å². The van der Waals surface area contributed by atoms with Crippen LogP contribution in [0.4, 0.5) is 4.79 Å². The van der Waals surface area contributed by atoms with Crippen LogP contribution in [-0.2, 0) is 20.9 Å². The number of nitrogens with zero attached hydrogens (tertiary/aromatic N) is 1. The highest BCUT2D eigenvalue weighted by Crippen LogP contribution is 2.37. The normalized spacial score (nSPS) is 22.2. The predicted molar refractivity (Wildman–Crippen MR) is 92.9 cm³/mol. The van der Waals surface area contributed by atoms with Gasteiger partial charge >= 0.3 is 12.1 Å². The monoisotopic (exact) mass is 349 g/mol. The van der Waals surface area contributed by atoms with Crippen molar-refractivity contribution in [3.8, 4) is 0 Å². The zero-order valence-electron chi connectivity index (χ0n) is 15.3. The molecule has 0 aromatic heterocycles. The van der Waals surface area contributed by atoms with Crippen molar-refractivity contribution in [3.63, 3.8) is 0 Å². The van der Waals surface area contributed by atoms with Gasteiger partial charge in [-0.1, -0.05) is 44.2 Å². The number of amides is 1. The Labute approximate surface area is 148 Å². The number of hydrogen-bond donors (Lipinski definition) is 1. The van der Waals surface area contributed by atoms with E-state index in [2.05, 4.69) is 0 Å². The Morgan fingerprint density at radius 3 is 2.48 bits per heavy atom. The van der Waals surface area contributed by atoms with Crippen molar-refractivity contribution < 1.29 is 24.2 Å². The van der Waals surface area contributed by atoms with E-state index in [1.54, 1.807) is 18.7 Å². The summed E-state index contributed by atoms with van der Waals surface area (Å²) in [5.41, 5.74) is -0.00996. The summed E-state index contributed by atoms with van der Waals surface area (Å²) in [6.45, 7) is 7.79. The van der Waals surface area contributed by atoms with E-state index in [1.807, 2.05) is 44.2 Å². The topological polar surface area (TPSA) is 76.1 Å². The van der Waals surface area contributed by atoms with Gasteiger partial charge in [0, 0.05) is 0 Å². The van der Waals surface area contributed by atoms with E-state index < -0.39 is 23.9 Å². The molecule has 1 amide bonds. The fourth-order valence-corrected chi connectivity index (χ4v) is 3.31. The molecule has 0 radical (unpaired) electrons. The fraction of sp³-hybridized carbons (Fsp3) is 0.579. The zero-order valence-corrected chi connectivity index (χ0v) is 15.3. The molecule has 0 aliphatic carbocycles. The van der Waals surface area contributed by atoms with Gasteiger partial charge in [-0.05, 0) is 31.7 Å². The highest BCUT2D eigenvalue weighted by Gasteiger charge is 2.51. The van der Waals surface area contributed by atoms with Gasteiger partial charge in [0.15, 0.2) is 0 Å². The summed E-state index contributed by atoms with van der Waals surface area (Å²) in [6.07, 6.45) is -0.503. The summed E-state index contributed by atoms with van der Waals surface area (Å²) in [5.74, 6) is -0.641. The molecule has 1 aromatic carbocycles. The number of hydrogen-bond acceptors (Lipinski definition) is 4. The van der Waals surface area contributed by atoms with Crippen molar-refractivity contribution in [2.45, 2.75) is 65.0 Å². The first-order valence-corrected chi connectivity index (χ1v) is 8.60. The number of rotatable bonds is 6. The lowest BCUT2D eigenvalue weighted by Crippen LogP contribution is -2.49. The maximum Gasteiger partial charge on any atom is 0.412 e. The molecule has 1 fully saturated rings. The molecule has 0 bridgehead atoms. The van der Waals surface area contributed by atoms with Crippen LogP contribution in [0.5, 0.6) is 0 Å². The SMILES string of the molecule is CC(C)C[C@H]1[C@H](CC(=O)O)OC(C)(C)N1C(=O)OCc1ccccc1. The molecule has 1 aromatic rings. The first kappa shape index (κ1) is 19.2. The first-order valence-electron chi connectivity index (χ1n) is 8.60. The second kappa shape index (κ2) is 7.87. The molecule has 1 heterocycles. The van der Waals surface area contributed by atoms with E-state index in [0.717, 1.165) is 5.56 Å². The standard InChI is InChI=1S/C19H27NO5/c1-13(2)10-15-16(11-17(21)22)25-19(3,4)20(15)18(23)24-12-14-8-6-5-7-9-14/h5-9,13,15-16H,10-12H2,1-4H3,(H,21,22)/t15-,16-/m0/s1. The molecule has 138 valence electrons. The molecule has 6 heteroatoms. The maximum absolute atomic E-state index is 12.7. The maximum atomic E-state index is 12.7. The zero-order chi connectivity index (χ0) is 18.6. The van der Waals surface area contributed by atoms with Crippen LogP contribution in [0.25, 0.3) is 0 Å². The number of carboxylic acid groups (broad SMARTS) is 1. The van der Waals surface area contributed by atoms with Gasteiger partial charge < -0.3 is 14.6 Å². The Morgan fingerprint density at radius 1 is 1.28 bits per heavy atom. The average molecular weight is 349 g/mol. The average Bonchev–Trinajstić information content (AvgIpc) is 2.74. The summed E-state index contributed by atoms with van der Waals surface area (Å²) >= 11 is 0. The minimum absolute atomic E-state index is 0.136. The minimum Gasteiger partial charge on any atom is -0.481 e. The van der Waals surface area contributed by atoms with Crippen LogP contribution in [0, 0.1) is 5.92 Å². The first-order chi connectivity index (χ1) is 11.7. The largest absolute Gasteiger partial charge is 0.481 e. The number of aliphatic carboxylic acids is 1. The molecule has 6 nitrogen and oxygen atoms in total. The molecule has 1 N–H and O–H groups in total. The number of carbonyl (C=O) groups is 2. The highest BCUT2D eigenvalue weighted by molar-refractivity contribution is 5.71. The van der Waals surface area contributed by atoms with Crippen LogP contribution in [0.1, 0.15) is 46.1 Å². The van der Waals surface area contributed by atoms with E-state index in [9.17, 15) is 9.59 Å². The minimum atomic E-state index is -0.936. The van der Waals surface area contributed by atoms with Crippen LogP contribution in [0.3, 0.4) is 0 Å². The van der Waals surface area contributed by atoms with Crippen LogP contribution < -0.4 is 0 Å². The van der Waals surface area contributed by atoms with E-state index in [0.29, 0.717) is 12.3 Å². The van der Waals surface area contributed by atoms with Crippen molar-refractivity contribution in [1.82, 2.24) is 4.90 Å². The summed E-state index contributed by atoms with van der Waals surface area (Å²) in [5, 5.41) is 9.16. The molecular weight excluding hydrogens is 322 g/mol. The number of ether oxygens (including phenoxy) is 2. The van der Waals surface area contributed by atoms with Crippen molar-refractivity contribution in [2.24, 2.45) is 5.92 Å². The third kappa shape index (κ3) is 4.95. The van der Waals surface area contributed by atoms with Gasteiger partial charge in [-0.3, -0.25) is 9.69 Å². The Balaban J connectivity index is 2.15. The molecule has 2 rings (SSSR count). The van der Waals surface area contributed by atoms with Crippen molar-refractivity contribution in [3.05, 3.63) is 35.9 Å². The van der Waals surface area contributed by atoms with Crippen LogP contribution in [0.2, 0.25) is 0 Å². The smallest absolute Gasteiger partial charge is 0.412 e. The number of carbonyl (C=O) groups excluding carboxylic acids is 1. The van der Waals surface area contributed by atoms with Crippen LogP contribution >= 0.6 is 0 Å². The summed E-state index contributed by atoms with van der Waals surface area (Å²) < 4.78 is 11.4. The lowest BCUT2D eigenvalue weighted by molar-refractivity contribution is -0.141. The predicted octanol–water partition coefficient (Wildman–Crippen LogP) is 3.65. The van der Waals surface area contributed by atoms with E-state index in [1.165, 1.54) is 0 Å². The number of benzene rings is 1. The second-order valence-electron chi connectivity index (χ2n) is 7.31. The second-order valence-corrected chi connectivity index (χ2v) is 7.31. The van der Waals surface area contributed by atoms with Gasteiger partial charge in [0.2, 0.25) is 0 Å². The third-order valence-corrected chi connectivity index (χ3v) is 4.27. The van der Waals surface area contributed by atoms with Gasteiger partial charge in [-0.25, -0.2) is 4.79 Å². The summed E-state index contributed by atoms with van der Waals surface area (Å²) in [7, 11) is 0. The quantitative estimate of drug-likeness (QED) is 0.848. The molecule has 0 unspecified atom stereocenters. The highest BCUT2D eigenvalue weighted by atomic mass is 16.6. The van der Waals surface area contributed by atoms with E-state index >= 15 is 0 Å². The van der Waals surface area contributed by atoms with Crippen molar-refractivity contribution in [2.75, 3.05) is 0 Å². The number of carboxylic acids is 1. The molecule has 25 heavy (non-hydrogen) atoms. The Bertz CT molecular complexity index is 599. The van der Waals surface area contributed by atoms with Gasteiger partial charge in [-0.2, -0.15) is 0 Å². The van der Waals surface area contributed by atoms with Crippen LogP contribution in [0.15, 0.2) is 30.3 Å². The molecule has 0 saturated carbocycles. The summed E-state index contributed by atoms with van der Waals surface area (Å²) in [4.78, 5) is 25.5. The summed E-state index contributed by atoms with van der Waals surface area (Å²) in [6, 6.07) is 9.12. The van der Waals surface area contributed by atoms with Gasteiger partial charge in [-0.15, -0.1) is 0 Å². The third-order valence-electron chi connectivity index (χ3n) is 4.27. The molecular formula is C19H27NO5. The Morgan fingerprint density at radius 2 is 1.92 bits per heavy atom. The van der Waals surface area contributed by atoms with E-state index in [4.69, 9.17) is 14.6 Å². The van der Waals surface area contributed by atoms with Gasteiger partial charge in [0.05, 0.1) is 18.6 Å². The van der Waals surface area contributed by atoms with Gasteiger partial charge in [0.25, 0.3) is 0 Å². The molecule has 1 saturated heterocycles. The molecule has 1 aliphatic heterocycles. The van der Waals surface area contributed by atoms with E-state index in [-0.39, 0.29) is 19.1 Å². The lowest BCUT2D eigenvalue weighted by atomic mass is 9.96. The lowest BCUT2D eigenvalue weighted by Gasteiger charge is -2.33. The molecule has 1 aliphatic rings. The fourth-order valence-electron chi connectivity index (χ4n) is 3.31. The van der Waals surface area contributed by atoms with Crippen molar-refractivity contribution >= 4 is 12.1 Å². The Hall–Kier alpha value is -2.08. The molecule has 2 atom stereocenters. The Kier molecular flexibility index (Phi) is 6.06.